The first-order valence-corrected chi connectivity index (χ1v) is 7.53. The van der Waals surface area contributed by atoms with Crippen molar-refractivity contribution in [3.63, 3.8) is 0 Å². The molecule has 0 aliphatic carbocycles. The molecule has 0 aliphatic heterocycles. The van der Waals surface area contributed by atoms with Crippen molar-refractivity contribution in [1.82, 2.24) is 4.90 Å². The average Bonchev–Trinajstić information content (AvgIpc) is 2.28. The Morgan fingerprint density at radius 3 is 2.56 bits per heavy atom. The van der Waals surface area contributed by atoms with Gasteiger partial charge in [-0.25, -0.2) is 0 Å². The Balaban J connectivity index is 2.96. The molecule has 0 spiro atoms. The van der Waals surface area contributed by atoms with Gasteiger partial charge in [0.2, 0.25) is 0 Å². The van der Waals surface area contributed by atoms with Crippen LogP contribution >= 0.6 is 0 Å². The van der Waals surface area contributed by atoms with E-state index in [-0.39, 0.29) is 9.52 Å². The van der Waals surface area contributed by atoms with Crippen LogP contribution in [0.5, 0.6) is 0 Å². The van der Waals surface area contributed by atoms with E-state index >= 15 is 0 Å². The largest absolute Gasteiger partial charge is 0.378 e. The van der Waals surface area contributed by atoms with Crippen molar-refractivity contribution in [3.05, 3.63) is 36.4 Å². The zero-order valence-electron chi connectivity index (χ0n) is 11.0. The van der Waals surface area contributed by atoms with Gasteiger partial charge in [-0.3, -0.25) is 0 Å². The maximum atomic E-state index is 4.17. The molecule has 1 aromatic rings. The van der Waals surface area contributed by atoms with Crippen LogP contribution in [0.2, 0.25) is 5.54 Å². The first kappa shape index (κ1) is 13.0. The van der Waals surface area contributed by atoms with E-state index in [2.05, 4.69) is 63.7 Å². The van der Waals surface area contributed by atoms with Crippen LogP contribution < -0.4 is 5.19 Å². The highest BCUT2D eigenvalue weighted by Gasteiger charge is 2.09. The van der Waals surface area contributed by atoms with E-state index in [1.165, 1.54) is 12.0 Å². The third-order valence-corrected chi connectivity index (χ3v) is 5.46. The fraction of sp³-hybridized carbons (Fsp3) is 0.429. The molecule has 0 saturated carbocycles. The first-order chi connectivity index (χ1) is 7.56. The molecule has 0 bridgehead atoms. The monoisotopic (exact) mass is 233 g/mol. The summed E-state index contributed by atoms with van der Waals surface area (Å²) >= 11 is 0. The Bertz CT molecular complexity index is 358. The van der Waals surface area contributed by atoms with Crippen molar-refractivity contribution in [3.8, 4) is 0 Å². The van der Waals surface area contributed by atoms with Crippen molar-refractivity contribution in [2.24, 2.45) is 0 Å². The molecule has 0 N–H and O–H groups in total. The molecule has 88 valence electrons. The van der Waals surface area contributed by atoms with Crippen LogP contribution in [0.25, 0.3) is 5.70 Å². The van der Waals surface area contributed by atoms with Crippen molar-refractivity contribution >= 4 is 20.4 Å². The fourth-order valence-electron chi connectivity index (χ4n) is 1.74. The summed E-state index contributed by atoms with van der Waals surface area (Å²) in [6.45, 7) is 8.81. The molecule has 1 rings (SSSR count). The number of benzene rings is 1. The third kappa shape index (κ3) is 3.24. The van der Waals surface area contributed by atoms with Gasteiger partial charge in [0.15, 0.2) is 0 Å². The van der Waals surface area contributed by atoms with Gasteiger partial charge in [-0.05, 0) is 11.1 Å². The molecule has 1 nitrogen and oxygen atoms in total. The van der Waals surface area contributed by atoms with Crippen molar-refractivity contribution in [2.75, 3.05) is 14.1 Å². The molecule has 0 amide bonds. The van der Waals surface area contributed by atoms with Gasteiger partial charge in [0.25, 0.3) is 0 Å². The molecule has 0 aliphatic rings. The zero-order chi connectivity index (χ0) is 12.1. The summed E-state index contributed by atoms with van der Waals surface area (Å²) in [6.07, 6.45) is 1.29. The van der Waals surface area contributed by atoms with Crippen molar-refractivity contribution in [2.45, 2.75) is 25.8 Å². The minimum atomic E-state index is -0.178. The Morgan fingerprint density at radius 1 is 1.38 bits per heavy atom. The minimum absolute atomic E-state index is 0.178. The smallest absolute Gasteiger partial charge is 0.0584 e. The summed E-state index contributed by atoms with van der Waals surface area (Å²) in [5.74, 6) is 0. The van der Waals surface area contributed by atoms with E-state index in [9.17, 15) is 0 Å². The summed E-state index contributed by atoms with van der Waals surface area (Å²) in [6, 6.07) is 8.74. The zero-order valence-corrected chi connectivity index (χ0v) is 12.4. The van der Waals surface area contributed by atoms with Crippen LogP contribution in [0.3, 0.4) is 0 Å². The molecule has 0 aromatic heterocycles. The Kier molecular flexibility index (Phi) is 4.81. The van der Waals surface area contributed by atoms with Gasteiger partial charge in [0, 0.05) is 19.8 Å². The van der Waals surface area contributed by atoms with Crippen molar-refractivity contribution < 1.29 is 0 Å². The molecule has 0 radical (unpaired) electrons. The lowest BCUT2D eigenvalue weighted by Crippen LogP contribution is -2.24. The lowest BCUT2D eigenvalue weighted by Gasteiger charge is -2.20. The lowest BCUT2D eigenvalue weighted by atomic mass is 10.1. The lowest BCUT2D eigenvalue weighted by molar-refractivity contribution is 0.594. The van der Waals surface area contributed by atoms with Gasteiger partial charge < -0.3 is 4.90 Å². The molecule has 1 unspecified atom stereocenters. The third-order valence-electron chi connectivity index (χ3n) is 3.13. The molecular weight excluding hydrogens is 210 g/mol. The van der Waals surface area contributed by atoms with Crippen LogP contribution in [0.15, 0.2) is 30.8 Å². The molecule has 0 fully saturated rings. The second-order valence-corrected chi connectivity index (χ2v) is 7.28. The first-order valence-electron chi connectivity index (χ1n) is 6.00. The minimum Gasteiger partial charge on any atom is -0.378 e. The standard InChI is InChI=1S/C14H23NSi/c1-6-11(2)16-14-10-8-7-9-13(14)12(3)15(4)5/h7-11H,3,6,16H2,1-2,4-5H3. The average molecular weight is 233 g/mol. The van der Waals surface area contributed by atoms with Gasteiger partial charge in [-0.15, -0.1) is 0 Å². The van der Waals surface area contributed by atoms with E-state index in [0.29, 0.717) is 0 Å². The maximum absolute atomic E-state index is 4.17. The number of hydrogen-bond acceptors (Lipinski definition) is 1. The molecule has 0 heterocycles. The number of rotatable bonds is 5. The van der Waals surface area contributed by atoms with Gasteiger partial charge in [-0.2, -0.15) is 0 Å². The summed E-state index contributed by atoms with van der Waals surface area (Å²) in [4.78, 5) is 2.10. The summed E-state index contributed by atoms with van der Waals surface area (Å²) in [5.41, 5.74) is 3.35. The molecule has 0 saturated heterocycles. The Morgan fingerprint density at radius 2 is 2.00 bits per heavy atom. The van der Waals surface area contributed by atoms with Crippen LogP contribution in [0.1, 0.15) is 25.8 Å². The molecule has 1 aromatic carbocycles. The topological polar surface area (TPSA) is 3.24 Å². The van der Waals surface area contributed by atoms with Gasteiger partial charge in [-0.1, -0.05) is 56.3 Å². The second kappa shape index (κ2) is 5.90. The van der Waals surface area contributed by atoms with E-state index in [4.69, 9.17) is 0 Å². The molecular formula is C14H23NSi. The van der Waals surface area contributed by atoms with E-state index in [1.54, 1.807) is 5.19 Å². The highest BCUT2D eigenvalue weighted by atomic mass is 28.2. The second-order valence-electron chi connectivity index (χ2n) is 4.72. The van der Waals surface area contributed by atoms with E-state index < -0.39 is 0 Å². The summed E-state index contributed by atoms with van der Waals surface area (Å²) < 4.78 is 0. The maximum Gasteiger partial charge on any atom is 0.0584 e. The van der Waals surface area contributed by atoms with E-state index in [1.807, 2.05) is 0 Å². The summed E-state index contributed by atoms with van der Waals surface area (Å²) in [5, 5.41) is 1.55. The highest BCUT2D eigenvalue weighted by molar-refractivity contribution is 6.56. The number of nitrogens with zero attached hydrogens (tertiary/aromatic N) is 1. The SMILES string of the molecule is C=C(c1ccccc1[SiH2]C(C)CC)N(C)C. The van der Waals surface area contributed by atoms with Gasteiger partial charge in [0.1, 0.15) is 0 Å². The van der Waals surface area contributed by atoms with Crippen LogP contribution in [-0.2, 0) is 0 Å². The normalized spacial score (nSPS) is 13.0. The van der Waals surface area contributed by atoms with Crippen LogP contribution in [-0.4, -0.2) is 28.5 Å². The molecule has 1 atom stereocenters. The predicted octanol–water partition coefficient (Wildman–Crippen LogP) is 2.23. The van der Waals surface area contributed by atoms with Crippen LogP contribution in [0.4, 0.5) is 0 Å². The summed E-state index contributed by atoms with van der Waals surface area (Å²) in [7, 11) is 3.94. The quantitative estimate of drug-likeness (QED) is 0.705. The van der Waals surface area contributed by atoms with Gasteiger partial charge in [0.05, 0.1) is 9.52 Å². The molecule has 2 heteroatoms. The number of hydrogen-bond donors (Lipinski definition) is 0. The van der Waals surface area contributed by atoms with Crippen molar-refractivity contribution in [1.29, 1.82) is 0 Å². The predicted molar refractivity (Wildman–Crippen MR) is 77.1 cm³/mol. The van der Waals surface area contributed by atoms with Gasteiger partial charge >= 0.3 is 0 Å². The Hall–Kier alpha value is -1.02. The van der Waals surface area contributed by atoms with Crippen LogP contribution in [0, 0.1) is 0 Å². The molecule has 16 heavy (non-hydrogen) atoms. The Labute approximate surface area is 102 Å². The van der Waals surface area contributed by atoms with E-state index in [0.717, 1.165) is 11.2 Å². The highest BCUT2D eigenvalue weighted by Crippen LogP contribution is 2.14. The fourth-order valence-corrected chi connectivity index (χ4v) is 3.59.